The monoisotopic (exact) mass is 247 g/mol. The molecule has 0 radical (unpaired) electrons. The minimum atomic E-state index is -2.83. The van der Waals surface area contributed by atoms with E-state index in [4.69, 9.17) is 11.6 Å². The third-order valence-corrected chi connectivity index (χ3v) is 4.92. The summed E-state index contributed by atoms with van der Waals surface area (Å²) in [4.78, 5) is 0. The molecule has 0 spiro atoms. The highest BCUT2D eigenvalue weighted by Crippen LogP contribution is 2.42. The molecular weight excluding hydrogens is 238 g/mol. The van der Waals surface area contributed by atoms with Crippen LogP contribution in [-0.4, -0.2) is 34.7 Å². The average molecular weight is 248 g/mol. The number of aromatic nitrogens is 3. The molecule has 1 aliphatic heterocycles. The topological polar surface area (TPSA) is 64.8 Å². The van der Waals surface area contributed by atoms with E-state index in [1.807, 2.05) is 0 Å². The number of hydrogen-bond acceptors (Lipinski definition) is 4. The largest absolute Gasteiger partial charge is 0.296 e. The molecule has 7 heteroatoms. The molecule has 1 aromatic rings. The van der Waals surface area contributed by atoms with Crippen molar-refractivity contribution in [3.63, 3.8) is 0 Å². The summed E-state index contributed by atoms with van der Waals surface area (Å²) in [6.07, 6.45) is 2.21. The number of halogens is 1. The number of nitrogens with zero attached hydrogens (tertiary/aromatic N) is 3. The third-order valence-electron chi connectivity index (χ3n) is 2.88. The van der Waals surface area contributed by atoms with Gasteiger partial charge in [-0.05, 0) is 24.4 Å². The average Bonchev–Trinajstić information content (AvgIpc) is 2.87. The molecule has 0 atom stereocenters. The first-order chi connectivity index (χ1) is 7.07. The summed E-state index contributed by atoms with van der Waals surface area (Å²) >= 11 is 5.91. The molecule has 1 saturated carbocycles. The summed E-state index contributed by atoms with van der Waals surface area (Å²) in [5.74, 6) is 1.64. The molecule has 0 N–H and O–H groups in total. The second-order valence-electron chi connectivity index (χ2n) is 4.20. The summed E-state index contributed by atoms with van der Waals surface area (Å²) in [5.41, 5.74) is 0. The fourth-order valence-electron chi connectivity index (χ4n) is 1.93. The van der Waals surface area contributed by atoms with Gasteiger partial charge < -0.3 is 0 Å². The first kappa shape index (κ1) is 9.59. The van der Waals surface area contributed by atoms with Gasteiger partial charge >= 0.3 is 0 Å². The van der Waals surface area contributed by atoms with E-state index in [1.165, 1.54) is 0 Å². The summed E-state index contributed by atoms with van der Waals surface area (Å²) < 4.78 is 24.0. The van der Waals surface area contributed by atoms with Crippen LogP contribution in [0.3, 0.4) is 0 Å². The Bertz CT molecular complexity index is 494. The van der Waals surface area contributed by atoms with Crippen molar-refractivity contribution in [1.29, 1.82) is 0 Å². The van der Waals surface area contributed by atoms with Gasteiger partial charge in [-0.15, -0.1) is 10.2 Å². The zero-order valence-electron chi connectivity index (χ0n) is 7.93. The molecule has 3 rings (SSSR count). The van der Waals surface area contributed by atoms with Crippen molar-refractivity contribution < 1.29 is 8.42 Å². The molecule has 15 heavy (non-hydrogen) atoms. The van der Waals surface area contributed by atoms with E-state index in [2.05, 4.69) is 10.2 Å². The minimum absolute atomic E-state index is 0.0481. The van der Waals surface area contributed by atoms with Gasteiger partial charge in [-0.2, -0.15) is 0 Å². The zero-order chi connectivity index (χ0) is 10.6. The van der Waals surface area contributed by atoms with Crippen LogP contribution < -0.4 is 0 Å². The van der Waals surface area contributed by atoms with Crippen molar-refractivity contribution in [1.82, 2.24) is 14.8 Å². The maximum absolute atomic E-state index is 11.1. The van der Waals surface area contributed by atoms with Crippen LogP contribution in [0.15, 0.2) is 0 Å². The molecular formula is C8H10ClN3O2S. The van der Waals surface area contributed by atoms with Gasteiger partial charge in [0.15, 0.2) is 9.84 Å². The summed E-state index contributed by atoms with van der Waals surface area (Å²) in [5, 5.41) is 8.14. The number of rotatable bonds is 2. The Kier molecular flexibility index (Phi) is 1.88. The highest BCUT2D eigenvalue weighted by molar-refractivity contribution is 7.92. The predicted molar refractivity (Wildman–Crippen MR) is 54.7 cm³/mol. The molecule has 0 bridgehead atoms. The van der Waals surface area contributed by atoms with Gasteiger partial charge in [-0.25, -0.2) is 8.42 Å². The Morgan fingerprint density at radius 1 is 1.27 bits per heavy atom. The van der Waals surface area contributed by atoms with Gasteiger partial charge in [0.2, 0.25) is 5.28 Å². The van der Waals surface area contributed by atoms with Crippen LogP contribution in [0, 0.1) is 0 Å². The predicted octanol–water partition coefficient (Wildman–Crippen LogP) is 0.778. The van der Waals surface area contributed by atoms with Crippen LogP contribution in [0.4, 0.5) is 0 Å². The molecule has 82 valence electrons. The van der Waals surface area contributed by atoms with E-state index in [1.54, 1.807) is 4.57 Å². The fourth-order valence-corrected chi connectivity index (χ4v) is 3.56. The summed E-state index contributed by atoms with van der Waals surface area (Å²) in [7, 11) is -2.83. The second-order valence-corrected chi connectivity index (χ2v) is 6.69. The van der Waals surface area contributed by atoms with E-state index >= 15 is 0 Å². The molecule has 2 heterocycles. The van der Waals surface area contributed by atoms with Crippen LogP contribution in [0.1, 0.15) is 30.6 Å². The molecule has 1 aromatic heterocycles. The second kappa shape index (κ2) is 2.95. The van der Waals surface area contributed by atoms with Gasteiger partial charge in [0.25, 0.3) is 0 Å². The molecule has 2 aliphatic rings. The van der Waals surface area contributed by atoms with Crippen LogP contribution >= 0.6 is 11.6 Å². The lowest BCUT2D eigenvalue weighted by Gasteiger charge is -2.28. The zero-order valence-corrected chi connectivity index (χ0v) is 9.50. The first-order valence-corrected chi connectivity index (χ1v) is 7.07. The minimum Gasteiger partial charge on any atom is -0.296 e. The van der Waals surface area contributed by atoms with E-state index in [9.17, 15) is 8.42 Å². The van der Waals surface area contributed by atoms with Crippen LogP contribution in [-0.2, 0) is 9.84 Å². The molecule has 2 fully saturated rings. The van der Waals surface area contributed by atoms with E-state index in [0.29, 0.717) is 11.2 Å². The Morgan fingerprint density at radius 3 is 2.47 bits per heavy atom. The number of hydrogen-bond donors (Lipinski definition) is 0. The van der Waals surface area contributed by atoms with Crippen LogP contribution in [0.5, 0.6) is 0 Å². The molecule has 1 aliphatic carbocycles. The van der Waals surface area contributed by atoms with Crippen molar-refractivity contribution >= 4 is 21.4 Å². The van der Waals surface area contributed by atoms with Crippen LogP contribution in [0.25, 0.3) is 0 Å². The summed E-state index contributed by atoms with van der Waals surface area (Å²) in [6, 6.07) is -0.0481. The van der Waals surface area contributed by atoms with Crippen LogP contribution in [0.2, 0.25) is 5.28 Å². The molecule has 1 saturated heterocycles. The van der Waals surface area contributed by atoms with Gasteiger partial charge in [0, 0.05) is 5.92 Å². The maximum Gasteiger partial charge on any atom is 0.225 e. The van der Waals surface area contributed by atoms with Gasteiger partial charge in [-0.3, -0.25) is 4.57 Å². The van der Waals surface area contributed by atoms with E-state index < -0.39 is 9.84 Å². The van der Waals surface area contributed by atoms with Crippen molar-refractivity contribution in [2.75, 3.05) is 11.5 Å². The van der Waals surface area contributed by atoms with Gasteiger partial charge in [0.1, 0.15) is 5.82 Å². The normalized spacial score (nSPS) is 25.1. The van der Waals surface area contributed by atoms with Crippen molar-refractivity contribution in [2.45, 2.75) is 24.8 Å². The lowest BCUT2D eigenvalue weighted by molar-refractivity contribution is 0.495. The van der Waals surface area contributed by atoms with E-state index in [0.717, 1.165) is 18.7 Å². The molecule has 5 nitrogen and oxygen atoms in total. The van der Waals surface area contributed by atoms with Crippen molar-refractivity contribution in [3.8, 4) is 0 Å². The van der Waals surface area contributed by atoms with Crippen molar-refractivity contribution in [2.24, 2.45) is 0 Å². The SMILES string of the molecule is O=S1(=O)CC(n2c(Cl)nnc2C2CC2)C1. The lowest BCUT2D eigenvalue weighted by atomic mass is 10.3. The number of sulfone groups is 1. The van der Waals surface area contributed by atoms with Crippen molar-refractivity contribution in [3.05, 3.63) is 11.1 Å². The standard InChI is InChI=1S/C8H10ClN3O2S/c9-8-11-10-7(5-1-2-5)12(8)6-3-15(13,14)4-6/h5-6H,1-4H2. The quantitative estimate of drug-likeness (QED) is 0.775. The highest BCUT2D eigenvalue weighted by atomic mass is 35.5. The summed E-state index contributed by atoms with van der Waals surface area (Å²) in [6.45, 7) is 0. The third kappa shape index (κ3) is 1.56. The highest BCUT2D eigenvalue weighted by Gasteiger charge is 2.40. The fraction of sp³-hybridized carbons (Fsp3) is 0.750. The van der Waals surface area contributed by atoms with Gasteiger partial charge in [-0.1, -0.05) is 0 Å². The lowest BCUT2D eigenvalue weighted by Crippen LogP contribution is -2.38. The first-order valence-electron chi connectivity index (χ1n) is 4.87. The van der Waals surface area contributed by atoms with Gasteiger partial charge in [0.05, 0.1) is 17.5 Å². The Hall–Kier alpha value is -0.620. The Morgan fingerprint density at radius 2 is 1.93 bits per heavy atom. The Balaban J connectivity index is 1.94. The molecule has 0 amide bonds. The molecule has 0 unspecified atom stereocenters. The Labute approximate surface area is 92.4 Å². The maximum atomic E-state index is 11.1. The smallest absolute Gasteiger partial charge is 0.225 e. The van der Waals surface area contributed by atoms with E-state index in [-0.39, 0.29) is 17.5 Å². The molecule has 0 aromatic carbocycles.